The van der Waals surface area contributed by atoms with Gasteiger partial charge in [0.05, 0.1) is 5.56 Å². The number of hydrogen-bond donors (Lipinski definition) is 2. The largest absolute Gasteiger partial charge is 0.452 e. The molecule has 1 heterocycles. The van der Waals surface area contributed by atoms with E-state index in [1.807, 2.05) is 6.92 Å². The Morgan fingerprint density at radius 3 is 2.55 bits per heavy atom. The van der Waals surface area contributed by atoms with Gasteiger partial charge in [-0.25, -0.2) is 4.79 Å². The summed E-state index contributed by atoms with van der Waals surface area (Å²) in [5, 5.41) is 12.6. The molecule has 2 aromatic carbocycles. The lowest BCUT2D eigenvalue weighted by atomic mass is 10.1. The van der Waals surface area contributed by atoms with E-state index < -0.39 is 18.5 Å². The van der Waals surface area contributed by atoms with Crippen LogP contribution in [-0.2, 0) is 9.53 Å². The standard InChI is InChI=1S/C20H18N4O5/c1-2-21-18(26)15-4-3-5-16(10-15)23-17(25)11-28-20(27)14-8-6-13(7-9-14)19-24-22-12-29-19/h3-10,12H,2,11H2,1H3,(H,21,26)(H,23,25). The molecule has 9 heteroatoms. The Balaban J connectivity index is 1.53. The maximum atomic E-state index is 12.1. The van der Waals surface area contributed by atoms with Crippen molar-refractivity contribution in [3.63, 3.8) is 0 Å². The summed E-state index contributed by atoms with van der Waals surface area (Å²) in [6.07, 6.45) is 1.21. The van der Waals surface area contributed by atoms with Crippen LogP contribution in [0.3, 0.4) is 0 Å². The Hall–Kier alpha value is -4.01. The van der Waals surface area contributed by atoms with E-state index >= 15 is 0 Å². The van der Waals surface area contributed by atoms with Crippen LogP contribution in [0.4, 0.5) is 5.69 Å². The van der Waals surface area contributed by atoms with Crippen LogP contribution in [0.1, 0.15) is 27.6 Å². The fourth-order valence-electron chi connectivity index (χ4n) is 2.46. The molecule has 1 aromatic heterocycles. The molecule has 0 saturated carbocycles. The first-order valence-electron chi connectivity index (χ1n) is 8.78. The average molecular weight is 394 g/mol. The maximum Gasteiger partial charge on any atom is 0.338 e. The molecule has 0 atom stereocenters. The number of ether oxygens (including phenoxy) is 1. The Morgan fingerprint density at radius 2 is 1.86 bits per heavy atom. The van der Waals surface area contributed by atoms with Gasteiger partial charge >= 0.3 is 5.97 Å². The minimum absolute atomic E-state index is 0.237. The number of anilines is 1. The van der Waals surface area contributed by atoms with E-state index in [0.29, 0.717) is 29.2 Å². The Bertz CT molecular complexity index is 1000. The fourth-order valence-corrected chi connectivity index (χ4v) is 2.46. The number of rotatable bonds is 7. The van der Waals surface area contributed by atoms with E-state index in [2.05, 4.69) is 20.8 Å². The number of carbonyl (C=O) groups is 3. The zero-order chi connectivity index (χ0) is 20.6. The lowest BCUT2D eigenvalue weighted by Crippen LogP contribution is -2.23. The fraction of sp³-hybridized carbons (Fsp3) is 0.150. The minimum atomic E-state index is -0.645. The third-order valence-corrected chi connectivity index (χ3v) is 3.81. The van der Waals surface area contributed by atoms with E-state index in [0.717, 1.165) is 0 Å². The van der Waals surface area contributed by atoms with Crippen LogP contribution >= 0.6 is 0 Å². The second kappa shape index (κ2) is 9.27. The number of esters is 1. The van der Waals surface area contributed by atoms with Gasteiger partial charge in [0.1, 0.15) is 0 Å². The Morgan fingerprint density at radius 1 is 1.07 bits per heavy atom. The first-order valence-corrected chi connectivity index (χ1v) is 8.78. The van der Waals surface area contributed by atoms with Gasteiger partial charge in [-0.1, -0.05) is 6.07 Å². The molecule has 3 rings (SSSR count). The normalized spacial score (nSPS) is 10.2. The van der Waals surface area contributed by atoms with Crippen LogP contribution in [0.5, 0.6) is 0 Å². The lowest BCUT2D eigenvalue weighted by Gasteiger charge is -2.08. The number of hydrogen-bond acceptors (Lipinski definition) is 7. The number of benzene rings is 2. The SMILES string of the molecule is CCNC(=O)c1cccc(NC(=O)COC(=O)c2ccc(-c3nnco3)cc2)c1. The molecule has 2 amide bonds. The van der Waals surface area contributed by atoms with Crippen molar-refractivity contribution < 1.29 is 23.5 Å². The van der Waals surface area contributed by atoms with E-state index in [1.54, 1.807) is 36.4 Å². The van der Waals surface area contributed by atoms with Crippen molar-refractivity contribution in [2.75, 3.05) is 18.5 Å². The van der Waals surface area contributed by atoms with E-state index in [4.69, 9.17) is 9.15 Å². The predicted octanol–water partition coefficient (Wildman–Crippen LogP) is 2.28. The zero-order valence-electron chi connectivity index (χ0n) is 15.5. The van der Waals surface area contributed by atoms with Crippen molar-refractivity contribution in [2.45, 2.75) is 6.92 Å². The summed E-state index contributed by atoms with van der Waals surface area (Å²) in [6.45, 7) is 1.85. The highest BCUT2D eigenvalue weighted by Gasteiger charge is 2.12. The van der Waals surface area contributed by atoms with Gasteiger partial charge in [0.2, 0.25) is 12.3 Å². The second-order valence-electron chi connectivity index (χ2n) is 5.89. The van der Waals surface area contributed by atoms with Gasteiger partial charge in [0, 0.05) is 23.4 Å². The van der Waals surface area contributed by atoms with Gasteiger partial charge in [-0.15, -0.1) is 10.2 Å². The summed E-state index contributed by atoms with van der Waals surface area (Å²) >= 11 is 0. The molecular formula is C20H18N4O5. The zero-order valence-corrected chi connectivity index (χ0v) is 15.5. The van der Waals surface area contributed by atoms with Crippen LogP contribution in [0.2, 0.25) is 0 Å². The molecule has 0 saturated heterocycles. The van der Waals surface area contributed by atoms with Crippen molar-refractivity contribution in [3.8, 4) is 11.5 Å². The molecule has 148 valence electrons. The molecule has 0 spiro atoms. The van der Waals surface area contributed by atoms with Crippen LogP contribution in [-0.4, -0.2) is 41.1 Å². The highest BCUT2D eigenvalue weighted by atomic mass is 16.5. The summed E-state index contributed by atoms with van der Waals surface area (Å²) in [5.74, 6) is -1.07. The second-order valence-corrected chi connectivity index (χ2v) is 5.89. The monoisotopic (exact) mass is 394 g/mol. The summed E-state index contributed by atoms with van der Waals surface area (Å²) in [5.41, 5.74) is 1.78. The molecular weight excluding hydrogens is 376 g/mol. The van der Waals surface area contributed by atoms with Gasteiger partial charge < -0.3 is 19.8 Å². The van der Waals surface area contributed by atoms with Crippen LogP contribution in [0.25, 0.3) is 11.5 Å². The van der Waals surface area contributed by atoms with Crippen molar-refractivity contribution >= 4 is 23.5 Å². The van der Waals surface area contributed by atoms with Gasteiger partial charge in [-0.2, -0.15) is 0 Å². The molecule has 0 unspecified atom stereocenters. The summed E-state index contributed by atoms with van der Waals surface area (Å²) in [7, 11) is 0. The lowest BCUT2D eigenvalue weighted by molar-refractivity contribution is -0.119. The first kappa shape index (κ1) is 19.7. The molecule has 0 aliphatic heterocycles. The van der Waals surface area contributed by atoms with Gasteiger partial charge in [-0.05, 0) is 49.4 Å². The van der Waals surface area contributed by atoms with Gasteiger partial charge in [0.25, 0.3) is 11.8 Å². The van der Waals surface area contributed by atoms with Crippen molar-refractivity contribution in [1.82, 2.24) is 15.5 Å². The minimum Gasteiger partial charge on any atom is -0.452 e. The molecule has 0 aliphatic carbocycles. The van der Waals surface area contributed by atoms with Crippen molar-refractivity contribution in [1.29, 1.82) is 0 Å². The topological polar surface area (TPSA) is 123 Å². The molecule has 29 heavy (non-hydrogen) atoms. The molecule has 0 aliphatic rings. The molecule has 3 aromatic rings. The molecule has 0 radical (unpaired) electrons. The average Bonchev–Trinajstić information content (AvgIpc) is 3.27. The van der Waals surface area contributed by atoms with Crippen LogP contribution in [0.15, 0.2) is 59.3 Å². The maximum absolute atomic E-state index is 12.1. The summed E-state index contributed by atoms with van der Waals surface area (Å²) in [6, 6.07) is 12.8. The molecule has 0 fully saturated rings. The summed E-state index contributed by atoms with van der Waals surface area (Å²) < 4.78 is 10.1. The van der Waals surface area contributed by atoms with Crippen molar-refractivity contribution in [2.24, 2.45) is 0 Å². The third-order valence-electron chi connectivity index (χ3n) is 3.81. The number of amides is 2. The molecule has 2 N–H and O–H groups in total. The summed E-state index contributed by atoms with van der Waals surface area (Å²) in [4.78, 5) is 36.0. The smallest absolute Gasteiger partial charge is 0.338 e. The number of carbonyl (C=O) groups excluding carboxylic acids is 3. The third kappa shape index (κ3) is 5.25. The quantitative estimate of drug-likeness (QED) is 0.589. The van der Waals surface area contributed by atoms with Gasteiger partial charge in [-0.3, -0.25) is 9.59 Å². The van der Waals surface area contributed by atoms with E-state index in [9.17, 15) is 14.4 Å². The highest BCUT2D eigenvalue weighted by molar-refractivity contribution is 5.98. The molecule has 0 bridgehead atoms. The predicted molar refractivity (Wildman–Crippen MR) is 103 cm³/mol. The van der Waals surface area contributed by atoms with E-state index in [1.165, 1.54) is 18.5 Å². The van der Waals surface area contributed by atoms with E-state index in [-0.39, 0.29) is 11.5 Å². The Labute approximate surface area is 166 Å². The van der Waals surface area contributed by atoms with Crippen LogP contribution in [0, 0.1) is 0 Å². The molecule has 9 nitrogen and oxygen atoms in total. The number of nitrogens with one attached hydrogen (secondary N) is 2. The first-order chi connectivity index (χ1) is 14.1. The highest BCUT2D eigenvalue weighted by Crippen LogP contribution is 2.17. The van der Waals surface area contributed by atoms with Crippen LogP contribution < -0.4 is 10.6 Å². The Kier molecular flexibility index (Phi) is 6.31. The number of nitrogens with zero attached hydrogens (tertiary/aromatic N) is 2. The van der Waals surface area contributed by atoms with Gasteiger partial charge in [0.15, 0.2) is 6.61 Å². The number of aromatic nitrogens is 2. The van der Waals surface area contributed by atoms with Crippen molar-refractivity contribution in [3.05, 3.63) is 66.1 Å².